The first-order chi connectivity index (χ1) is 15.5. The molecule has 0 unspecified atom stereocenters. The molecule has 1 atom stereocenters. The van der Waals surface area contributed by atoms with Crippen LogP contribution in [0.4, 0.5) is 4.39 Å². The van der Waals surface area contributed by atoms with Gasteiger partial charge in [-0.1, -0.05) is 68.1 Å². The van der Waals surface area contributed by atoms with Crippen molar-refractivity contribution in [2.45, 2.75) is 76.9 Å². The molecule has 0 bridgehead atoms. The number of carbonyl (C=O) groups excluding carboxylic acids is 2. The summed E-state index contributed by atoms with van der Waals surface area (Å²) >= 11 is 6.26. The molecule has 1 N–H and O–H groups in total. The first kappa shape index (κ1) is 24.2. The van der Waals surface area contributed by atoms with E-state index in [-0.39, 0.29) is 36.6 Å². The van der Waals surface area contributed by atoms with E-state index in [2.05, 4.69) is 5.32 Å². The Hall–Kier alpha value is -2.40. The minimum absolute atomic E-state index is 0.104. The number of benzene rings is 2. The van der Waals surface area contributed by atoms with Crippen LogP contribution in [0, 0.1) is 5.82 Å². The zero-order chi connectivity index (χ0) is 22.9. The van der Waals surface area contributed by atoms with E-state index in [0.717, 1.165) is 36.8 Å². The topological polar surface area (TPSA) is 49.4 Å². The van der Waals surface area contributed by atoms with E-state index in [1.165, 1.54) is 18.6 Å². The molecule has 172 valence electrons. The van der Waals surface area contributed by atoms with Gasteiger partial charge in [0.05, 0.1) is 0 Å². The van der Waals surface area contributed by atoms with Crippen LogP contribution < -0.4 is 5.32 Å². The first-order valence-electron chi connectivity index (χ1n) is 11.6. The van der Waals surface area contributed by atoms with E-state index in [9.17, 15) is 14.0 Å². The van der Waals surface area contributed by atoms with Crippen LogP contribution >= 0.6 is 11.6 Å². The molecule has 1 aliphatic carbocycles. The van der Waals surface area contributed by atoms with Crippen molar-refractivity contribution in [1.82, 2.24) is 10.2 Å². The Morgan fingerprint density at radius 2 is 1.78 bits per heavy atom. The number of amides is 2. The highest BCUT2D eigenvalue weighted by molar-refractivity contribution is 6.31. The van der Waals surface area contributed by atoms with Crippen molar-refractivity contribution in [3.05, 3.63) is 70.5 Å². The summed E-state index contributed by atoms with van der Waals surface area (Å²) in [6, 6.07) is 13.2. The van der Waals surface area contributed by atoms with Gasteiger partial charge in [-0.3, -0.25) is 9.59 Å². The predicted octanol–water partition coefficient (Wildman–Crippen LogP) is 5.67. The van der Waals surface area contributed by atoms with Crippen LogP contribution in [0.25, 0.3) is 0 Å². The fraction of sp³-hybridized carbons (Fsp3) is 0.462. The summed E-state index contributed by atoms with van der Waals surface area (Å²) < 4.78 is 13.4. The number of aryl methyl sites for hydroxylation is 1. The molecule has 2 aromatic rings. The van der Waals surface area contributed by atoms with E-state index in [1.54, 1.807) is 17.0 Å². The Labute approximate surface area is 195 Å². The predicted molar refractivity (Wildman–Crippen MR) is 126 cm³/mol. The molecule has 0 aliphatic heterocycles. The second-order valence-electron chi connectivity index (χ2n) is 8.51. The minimum Gasteiger partial charge on any atom is -0.352 e. The third-order valence-corrected chi connectivity index (χ3v) is 6.54. The Morgan fingerprint density at radius 3 is 2.44 bits per heavy atom. The molecule has 6 heteroatoms. The van der Waals surface area contributed by atoms with Crippen LogP contribution in [0.5, 0.6) is 0 Å². The molecule has 2 amide bonds. The summed E-state index contributed by atoms with van der Waals surface area (Å²) in [7, 11) is 0. The lowest BCUT2D eigenvalue weighted by Crippen LogP contribution is -2.51. The van der Waals surface area contributed by atoms with Gasteiger partial charge >= 0.3 is 0 Å². The van der Waals surface area contributed by atoms with Crippen molar-refractivity contribution in [3.8, 4) is 0 Å². The number of halogens is 2. The number of nitrogens with one attached hydrogen (secondary N) is 1. The second-order valence-corrected chi connectivity index (χ2v) is 8.91. The highest BCUT2D eigenvalue weighted by atomic mass is 35.5. The highest BCUT2D eigenvalue weighted by Crippen LogP contribution is 2.21. The molecule has 0 heterocycles. The molecule has 2 aromatic carbocycles. The van der Waals surface area contributed by atoms with Crippen LogP contribution in [0.3, 0.4) is 0 Å². The van der Waals surface area contributed by atoms with Gasteiger partial charge in [0.2, 0.25) is 11.8 Å². The van der Waals surface area contributed by atoms with Crippen LogP contribution in [0.1, 0.15) is 63.0 Å². The van der Waals surface area contributed by atoms with E-state index in [4.69, 9.17) is 11.6 Å². The molecule has 4 nitrogen and oxygen atoms in total. The van der Waals surface area contributed by atoms with Gasteiger partial charge in [0, 0.05) is 24.0 Å². The molecule has 0 saturated heterocycles. The average molecular weight is 459 g/mol. The van der Waals surface area contributed by atoms with Crippen molar-refractivity contribution in [1.29, 1.82) is 0 Å². The van der Waals surface area contributed by atoms with Gasteiger partial charge in [-0.05, 0) is 55.0 Å². The zero-order valence-electron chi connectivity index (χ0n) is 18.7. The smallest absolute Gasteiger partial charge is 0.243 e. The SMILES string of the molecule is CC[C@H](C(=O)NC1CCCCC1)N(Cc1ccc(F)cc1)C(=O)CCc1ccccc1Cl. The van der Waals surface area contributed by atoms with Crippen molar-refractivity contribution in [2.75, 3.05) is 0 Å². The monoisotopic (exact) mass is 458 g/mol. The lowest BCUT2D eigenvalue weighted by Gasteiger charge is -2.33. The van der Waals surface area contributed by atoms with E-state index < -0.39 is 6.04 Å². The number of hydrogen-bond donors (Lipinski definition) is 1. The van der Waals surface area contributed by atoms with Crippen LogP contribution in [0.15, 0.2) is 48.5 Å². The molecule has 0 radical (unpaired) electrons. The molecular formula is C26H32ClFN2O2. The zero-order valence-corrected chi connectivity index (χ0v) is 19.4. The molecule has 3 rings (SSSR count). The minimum atomic E-state index is -0.569. The summed E-state index contributed by atoms with van der Waals surface area (Å²) in [6.07, 6.45) is 6.69. The summed E-state index contributed by atoms with van der Waals surface area (Å²) in [6.45, 7) is 2.18. The fourth-order valence-corrected chi connectivity index (χ4v) is 4.57. The quantitative estimate of drug-likeness (QED) is 0.526. The number of nitrogens with zero attached hydrogens (tertiary/aromatic N) is 1. The molecule has 0 aromatic heterocycles. The summed E-state index contributed by atoms with van der Waals surface area (Å²) in [5.74, 6) is -0.542. The van der Waals surface area contributed by atoms with Gasteiger partial charge < -0.3 is 10.2 Å². The first-order valence-corrected chi connectivity index (χ1v) is 11.9. The maximum absolute atomic E-state index is 13.4. The summed E-state index contributed by atoms with van der Waals surface area (Å²) in [4.78, 5) is 28.1. The Morgan fingerprint density at radius 1 is 1.09 bits per heavy atom. The van der Waals surface area contributed by atoms with Crippen molar-refractivity contribution in [2.24, 2.45) is 0 Å². The summed E-state index contributed by atoms with van der Waals surface area (Å²) in [5, 5.41) is 3.80. The van der Waals surface area contributed by atoms with E-state index in [0.29, 0.717) is 17.9 Å². The summed E-state index contributed by atoms with van der Waals surface area (Å²) in [5.41, 5.74) is 1.70. The third-order valence-electron chi connectivity index (χ3n) is 6.17. The molecule has 32 heavy (non-hydrogen) atoms. The second kappa shape index (κ2) is 12.0. The third kappa shape index (κ3) is 6.80. The van der Waals surface area contributed by atoms with Gasteiger partial charge in [-0.25, -0.2) is 4.39 Å². The van der Waals surface area contributed by atoms with Crippen molar-refractivity contribution in [3.63, 3.8) is 0 Å². The average Bonchev–Trinajstić information content (AvgIpc) is 2.80. The van der Waals surface area contributed by atoms with Gasteiger partial charge in [0.15, 0.2) is 0 Å². The normalized spacial score (nSPS) is 15.2. The Balaban J connectivity index is 1.75. The number of hydrogen-bond acceptors (Lipinski definition) is 2. The lowest BCUT2D eigenvalue weighted by atomic mass is 9.95. The highest BCUT2D eigenvalue weighted by Gasteiger charge is 2.30. The molecule has 1 aliphatic rings. The standard InChI is InChI=1S/C26H32ClFN2O2/c1-2-24(26(32)29-22-9-4-3-5-10-22)30(18-19-12-15-21(28)16-13-19)25(31)17-14-20-8-6-7-11-23(20)27/h6-8,11-13,15-16,22,24H,2-5,9-10,14,17-18H2,1H3,(H,29,32)/t24-/m1/s1. The van der Waals surface area contributed by atoms with E-state index >= 15 is 0 Å². The Bertz CT molecular complexity index is 897. The Kier molecular flexibility index (Phi) is 9.10. The number of rotatable bonds is 9. The van der Waals surface area contributed by atoms with Gasteiger partial charge in [0.25, 0.3) is 0 Å². The van der Waals surface area contributed by atoms with Crippen molar-refractivity contribution >= 4 is 23.4 Å². The van der Waals surface area contributed by atoms with Crippen LogP contribution in [0.2, 0.25) is 5.02 Å². The maximum Gasteiger partial charge on any atom is 0.243 e. The van der Waals surface area contributed by atoms with Crippen LogP contribution in [-0.4, -0.2) is 28.8 Å². The van der Waals surface area contributed by atoms with Gasteiger partial charge in [0.1, 0.15) is 11.9 Å². The van der Waals surface area contributed by atoms with Crippen molar-refractivity contribution < 1.29 is 14.0 Å². The fourth-order valence-electron chi connectivity index (χ4n) is 4.34. The maximum atomic E-state index is 13.4. The molecule has 1 fully saturated rings. The largest absolute Gasteiger partial charge is 0.352 e. The molecular weight excluding hydrogens is 427 g/mol. The van der Waals surface area contributed by atoms with Gasteiger partial charge in [-0.15, -0.1) is 0 Å². The number of carbonyl (C=O) groups is 2. The van der Waals surface area contributed by atoms with Crippen LogP contribution in [-0.2, 0) is 22.6 Å². The van der Waals surface area contributed by atoms with E-state index in [1.807, 2.05) is 31.2 Å². The molecule has 0 spiro atoms. The molecule has 1 saturated carbocycles. The van der Waals surface area contributed by atoms with Gasteiger partial charge in [-0.2, -0.15) is 0 Å². The lowest BCUT2D eigenvalue weighted by molar-refractivity contribution is -0.141.